The Balaban J connectivity index is 2.65. The van der Waals surface area contributed by atoms with Crippen LogP contribution in [-0.4, -0.2) is 16.6 Å². The predicted octanol–water partition coefficient (Wildman–Crippen LogP) is 1.23. The molecule has 0 fully saturated rings. The number of nitrogens with two attached hydrogens (primary N) is 1. The van der Waals surface area contributed by atoms with E-state index in [1.807, 2.05) is 24.3 Å². The van der Waals surface area contributed by atoms with Gasteiger partial charge in [-0.05, 0) is 5.39 Å². The van der Waals surface area contributed by atoms with Crippen molar-refractivity contribution in [1.82, 2.24) is 4.98 Å². The van der Waals surface area contributed by atoms with Gasteiger partial charge in [-0.15, -0.1) is 0 Å². The molecule has 1 unspecified atom stereocenters. The van der Waals surface area contributed by atoms with E-state index in [1.165, 1.54) is 0 Å². The Morgan fingerprint density at radius 1 is 1.29 bits per heavy atom. The first kappa shape index (κ1) is 9.12. The molecular formula is C11H12N2O. The zero-order valence-corrected chi connectivity index (χ0v) is 7.72. The molecule has 0 spiro atoms. The average Bonchev–Trinajstić information content (AvgIpc) is 2.27. The fourth-order valence-electron chi connectivity index (χ4n) is 1.53. The lowest BCUT2D eigenvalue weighted by molar-refractivity contribution is 0.188. The van der Waals surface area contributed by atoms with Crippen LogP contribution in [0, 0.1) is 0 Å². The lowest BCUT2D eigenvalue weighted by Crippen LogP contribution is -2.12. The van der Waals surface area contributed by atoms with Crippen LogP contribution in [0.4, 0.5) is 0 Å². The summed E-state index contributed by atoms with van der Waals surface area (Å²) in [6, 6.07) is 7.82. The molecule has 72 valence electrons. The van der Waals surface area contributed by atoms with Gasteiger partial charge in [-0.3, -0.25) is 4.98 Å². The Labute approximate surface area is 82.2 Å². The van der Waals surface area contributed by atoms with Crippen molar-refractivity contribution in [2.45, 2.75) is 6.10 Å². The summed E-state index contributed by atoms with van der Waals surface area (Å²) in [4.78, 5) is 4.07. The zero-order chi connectivity index (χ0) is 9.97. The van der Waals surface area contributed by atoms with Crippen molar-refractivity contribution in [2.24, 2.45) is 5.73 Å². The van der Waals surface area contributed by atoms with Gasteiger partial charge in [0.25, 0.3) is 0 Å². The normalized spacial score (nSPS) is 13.0. The van der Waals surface area contributed by atoms with E-state index in [0.717, 1.165) is 16.3 Å². The second-order valence-electron chi connectivity index (χ2n) is 3.20. The van der Waals surface area contributed by atoms with E-state index in [9.17, 15) is 5.11 Å². The molecule has 0 aliphatic heterocycles. The summed E-state index contributed by atoms with van der Waals surface area (Å²) in [6.45, 7) is 0.218. The Hall–Kier alpha value is -1.45. The van der Waals surface area contributed by atoms with Gasteiger partial charge in [0.15, 0.2) is 0 Å². The smallest absolute Gasteiger partial charge is 0.0933 e. The van der Waals surface area contributed by atoms with Crippen LogP contribution in [0.1, 0.15) is 11.7 Å². The Kier molecular flexibility index (Phi) is 2.43. The van der Waals surface area contributed by atoms with Gasteiger partial charge in [-0.2, -0.15) is 0 Å². The van der Waals surface area contributed by atoms with E-state index in [4.69, 9.17) is 5.73 Å². The third kappa shape index (κ3) is 1.47. The van der Waals surface area contributed by atoms with Crippen LogP contribution >= 0.6 is 0 Å². The predicted molar refractivity (Wildman–Crippen MR) is 55.8 cm³/mol. The minimum atomic E-state index is -0.631. The molecule has 0 saturated heterocycles. The first-order valence-corrected chi connectivity index (χ1v) is 4.53. The van der Waals surface area contributed by atoms with Gasteiger partial charge in [0.2, 0.25) is 0 Å². The third-order valence-electron chi connectivity index (χ3n) is 2.28. The molecule has 1 aromatic heterocycles. The number of hydrogen-bond donors (Lipinski definition) is 2. The Morgan fingerprint density at radius 3 is 2.86 bits per heavy atom. The van der Waals surface area contributed by atoms with Crippen molar-refractivity contribution in [3.8, 4) is 0 Å². The quantitative estimate of drug-likeness (QED) is 0.745. The van der Waals surface area contributed by atoms with E-state index in [0.29, 0.717) is 0 Å². The maximum atomic E-state index is 9.66. The molecule has 0 aliphatic carbocycles. The van der Waals surface area contributed by atoms with Crippen molar-refractivity contribution in [3.05, 3.63) is 42.2 Å². The fraction of sp³-hybridized carbons (Fsp3) is 0.182. The van der Waals surface area contributed by atoms with Gasteiger partial charge in [0.1, 0.15) is 0 Å². The molecular weight excluding hydrogens is 176 g/mol. The summed E-state index contributed by atoms with van der Waals surface area (Å²) in [7, 11) is 0. The van der Waals surface area contributed by atoms with E-state index in [2.05, 4.69) is 4.98 Å². The van der Waals surface area contributed by atoms with E-state index < -0.39 is 6.10 Å². The van der Waals surface area contributed by atoms with Crippen LogP contribution in [0.25, 0.3) is 10.8 Å². The number of aliphatic hydroxyl groups excluding tert-OH is 1. The first-order valence-electron chi connectivity index (χ1n) is 4.53. The summed E-state index contributed by atoms with van der Waals surface area (Å²) in [6.07, 6.45) is 2.82. The molecule has 1 heterocycles. The second kappa shape index (κ2) is 3.74. The number of fused-ring (bicyclic) bond motifs is 1. The van der Waals surface area contributed by atoms with E-state index in [1.54, 1.807) is 12.4 Å². The molecule has 3 nitrogen and oxygen atoms in total. The van der Waals surface area contributed by atoms with Gasteiger partial charge < -0.3 is 10.8 Å². The molecule has 0 aliphatic rings. The van der Waals surface area contributed by atoms with Gasteiger partial charge in [0.05, 0.1) is 6.10 Å². The van der Waals surface area contributed by atoms with E-state index >= 15 is 0 Å². The first-order chi connectivity index (χ1) is 6.83. The van der Waals surface area contributed by atoms with Gasteiger partial charge in [-0.1, -0.05) is 24.3 Å². The molecule has 2 aromatic rings. The van der Waals surface area contributed by atoms with Crippen LogP contribution in [0.15, 0.2) is 36.7 Å². The molecule has 0 bridgehead atoms. The highest BCUT2D eigenvalue weighted by atomic mass is 16.3. The standard InChI is InChI=1S/C11H12N2O/c12-5-11(14)10-7-13-6-8-3-1-2-4-9(8)10/h1-4,6-7,11,14H,5,12H2. The topological polar surface area (TPSA) is 59.1 Å². The molecule has 0 amide bonds. The number of nitrogens with zero attached hydrogens (tertiary/aromatic N) is 1. The minimum absolute atomic E-state index is 0.218. The van der Waals surface area contributed by atoms with Crippen molar-refractivity contribution in [3.63, 3.8) is 0 Å². The summed E-state index contributed by atoms with van der Waals surface area (Å²) < 4.78 is 0. The molecule has 14 heavy (non-hydrogen) atoms. The van der Waals surface area contributed by atoms with Crippen molar-refractivity contribution >= 4 is 10.8 Å². The highest BCUT2D eigenvalue weighted by Crippen LogP contribution is 2.21. The summed E-state index contributed by atoms with van der Waals surface area (Å²) in [5.41, 5.74) is 6.21. The van der Waals surface area contributed by atoms with Gasteiger partial charge >= 0.3 is 0 Å². The van der Waals surface area contributed by atoms with Crippen molar-refractivity contribution in [2.75, 3.05) is 6.54 Å². The van der Waals surface area contributed by atoms with Crippen LogP contribution < -0.4 is 5.73 Å². The molecule has 0 saturated carbocycles. The SMILES string of the molecule is NCC(O)c1cncc2ccccc12. The van der Waals surface area contributed by atoms with Crippen LogP contribution in [0.3, 0.4) is 0 Å². The highest BCUT2D eigenvalue weighted by molar-refractivity contribution is 5.84. The fourth-order valence-corrected chi connectivity index (χ4v) is 1.53. The monoisotopic (exact) mass is 188 g/mol. The third-order valence-corrected chi connectivity index (χ3v) is 2.28. The number of benzene rings is 1. The molecule has 3 N–H and O–H groups in total. The summed E-state index contributed by atoms with van der Waals surface area (Å²) >= 11 is 0. The molecule has 1 aromatic carbocycles. The average molecular weight is 188 g/mol. The second-order valence-corrected chi connectivity index (χ2v) is 3.20. The summed E-state index contributed by atoms with van der Waals surface area (Å²) in [5, 5.41) is 11.7. The number of hydrogen-bond acceptors (Lipinski definition) is 3. The molecule has 1 atom stereocenters. The Bertz CT molecular complexity index is 437. The number of pyridine rings is 1. The number of rotatable bonds is 2. The van der Waals surface area contributed by atoms with Crippen molar-refractivity contribution in [1.29, 1.82) is 0 Å². The van der Waals surface area contributed by atoms with Crippen LogP contribution in [0.2, 0.25) is 0 Å². The van der Waals surface area contributed by atoms with Crippen LogP contribution in [-0.2, 0) is 0 Å². The minimum Gasteiger partial charge on any atom is -0.387 e. The lowest BCUT2D eigenvalue weighted by Gasteiger charge is -2.10. The van der Waals surface area contributed by atoms with Crippen LogP contribution in [0.5, 0.6) is 0 Å². The summed E-state index contributed by atoms with van der Waals surface area (Å²) in [5.74, 6) is 0. The number of aromatic nitrogens is 1. The largest absolute Gasteiger partial charge is 0.387 e. The lowest BCUT2D eigenvalue weighted by atomic mass is 10.0. The van der Waals surface area contributed by atoms with Gasteiger partial charge in [0, 0.05) is 29.9 Å². The zero-order valence-electron chi connectivity index (χ0n) is 7.72. The maximum Gasteiger partial charge on any atom is 0.0933 e. The molecule has 3 heteroatoms. The van der Waals surface area contributed by atoms with Crippen molar-refractivity contribution < 1.29 is 5.11 Å². The van der Waals surface area contributed by atoms with E-state index in [-0.39, 0.29) is 6.54 Å². The highest BCUT2D eigenvalue weighted by Gasteiger charge is 2.08. The Morgan fingerprint density at radius 2 is 2.07 bits per heavy atom. The van der Waals surface area contributed by atoms with Gasteiger partial charge in [-0.25, -0.2) is 0 Å². The molecule has 0 radical (unpaired) electrons. The number of aliphatic hydroxyl groups is 1. The maximum absolute atomic E-state index is 9.66. The molecule has 2 rings (SSSR count).